The van der Waals surface area contributed by atoms with Gasteiger partial charge in [-0.25, -0.2) is 13.4 Å². The molecular weight excluding hydrogens is 438 g/mol. The average Bonchev–Trinajstić information content (AvgIpc) is 3.17. The number of carbonyl (C=O) groups is 1. The minimum Gasteiger partial charge on any atom is -0.345 e. The van der Waals surface area contributed by atoms with Crippen molar-refractivity contribution in [2.45, 2.75) is 43.4 Å². The number of amides is 1. The van der Waals surface area contributed by atoms with Crippen molar-refractivity contribution < 1.29 is 13.2 Å². The van der Waals surface area contributed by atoms with Gasteiger partial charge in [0.15, 0.2) is 0 Å². The Bertz CT molecular complexity index is 1220. The Balaban J connectivity index is 1.42. The van der Waals surface area contributed by atoms with Crippen LogP contribution in [-0.4, -0.2) is 64.7 Å². The van der Waals surface area contributed by atoms with Crippen LogP contribution >= 0.6 is 0 Å². The number of aryl methyl sites for hydroxylation is 2. The lowest BCUT2D eigenvalue weighted by molar-refractivity contribution is -0.129. The quantitative estimate of drug-likeness (QED) is 0.506. The first kappa shape index (κ1) is 23.4. The maximum atomic E-state index is 13.0. The fraction of sp³-hybridized carbons (Fsp3) is 0.458. The first-order chi connectivity index (χ1) is 15.9. The molecule has 4 rings (SSSR count). The Labute approximate surface area is 195 Å². The van der Waals surface area contributed by atoms with Crippen molar-refractivity contribution in [3.05, 3.63) is 54.1 Å². The van der Waals surface area contributed by atoms with Crippen molar-refractivity contribution in [2.24, 2.45) is 7.05 Å². The summed E-state index contributed by atoms with van der Waals surface area (Å²) in [5, 5.41) is 0. The van der Waals surface area contributed by atoms with E-state index in [2.05, 4.69) is 9.97 Å². The van der Waals surface area contributed by atoms with Gasteiger partial charge in [-0.15, -0.1) is 0 Å². The van der Waals surface area contributed by atoms with E-state index in [4.69, 9.17) is 0 Å². The fourth-order valence-corrected chi connectivity index (χ4v) is 5.77. The third kappa shape index (κ3) is 5.25. The number of piperidine rings is 1. The molecule has 1 aliphatic rings. The number of hydrogen-bond donors (Lipinski definition) is 0. The van der Waals surface area contributed by atoms with Gasteiger partial charge in [0.25, 0.3) is 0 Å². The zero-order chi connectivity index (χ0) is 23.4. The molecule has 3 heterocycles. The van der Waals surface area contributed by atoms with Crippen LogP contribution in [0.25, 0.3) is 11.0 Å². The van der Waals surface area contributed by atoms with Crippen LogP contribution < -0.4 is 0 Å². The van der Waals surface area contributed by atoms with Crippen molar-refractivity contribution in [3.8, 4) is 0 Å². The molecule has 3 aromatic rings. The van der Waals surface area contributed by atoms with Gasteiger partial charge in [0, 0.05) is 64.9 Å². The highest BCUT2D eigenvalue weighted by molar-refractivity contribution is 7.89. The molecule has 0 N–H and O–H groups in total. The number of aromatic nitrogens is 3. The number of sulfonamides is 1. The van der Waals surface area contributed by atoms with E-state index in [1.165, 1.54) is 0 Å². The predicted octanol–water partition coefficient (Wildman–Crippen LogP) is 2.78. The van der Waals surface area contributed by atoms with E-state index in [9.17, 15) is 13.2 Å². The lowest BCUT2D eigenvalue weighted by atomic mass is 10.2. The molecule has 9 heteroatoms. The third-order valence-corrected chi connectivity index (χ3v) is 8.21. The standard InChI is InChI=1S/C24H31N5O3S/c1-27(17-13-19-8-4-5-14-25-19)24(30)12-11-23-26-21-18-20(9-10-22(21)28(23)2)33(31,32)29-15-6-3-7-16-29/h4-5,8-10,14,18H,3,6-7,11-13,15-17H2,1-2H3. The van der Waals surface area contributed by atoms with Gasteiger partial charge < -0.3 is 9.47 Å². The molecule has 8 nitrogen and oxygen atoms in total. The van der Waals surface area contributed by atoms with Crippen molar-refractivity contribution in [1.82, 2.24) is 23.7 Å². The Morgan fingerprint density at radius 1 is 1.09 bits per heavy atom. The molecule has 33 heavy (non-hydrogen) atoms. The summed E-state index contributed by atoms with van der Waals surface area (Å²) in [6.45, 7) is 1.75. The predicted molar refractivity (Wildman–Crippen MR) is 127 cm³/mol. The Hall–Kier alpha value is -2.78. The van der Waals surface area contributed by atoms with Crippen LogP contribution in [0.1, 0.15) is 37.2 Å². The number of imidazole rings is 1. The number of carbonyl (C=O) groups excluding carboxylic acids is 1. The van der Waals surface area contributed by atoms with E-state index in [0.717, 1.165) is 36.3 Å². The first-order valence-electron chi connectivity index (χ1n) is 11.5. The van der Waals surface area contributed by atoms with Crippen molar-refractivity contribution in [2.75, 3.05) is 26.7 Å². The number of nitrogens with zero attached hydrogens (tertiary/aromatic N) is 5. The Kier molecular flexibility index (Phi) is 7.09. The van der Waals surface area contributed by atoms with E-state index >= 15 is 0 Å². The summed E-state index contributed by atoms with van der Waals surface area (Å²) in [6, 6.07) is 10.9. The largest absolute Gasteiger partial charge is 0.345 e. The van der Waals surface area contributed by atoms with Crippen LogP contribution in [0.4, 0.5) is 0 Å². The van der Waals surface area contributed by atoms with E-state index in [1.54, 1.807) is 34.6 Å². The Morgan fingerprint density at radius 3 is 2.61 bits per heavy atom. The lowest BCUT2D eigenvalue weighted by Crippen LogP contribution is -2.35. The number of likely N-dealkylation sites (N-methyl/N-ethyl adjacent to an activating group) is 1. The summed E-state index contributed by atoms with van der Waals surface area (Å²) >= 11 is 0. The molecule has 0 bridgehead atoms. The molecule has 1 aliphatic heterocycles. The van der Waals surface area contributed by atoms with Crippen LogP contribution in [0.2, 0.25) is 0 Å². The average molecular weight is 470 g/mol. The maximum Gasteiger partial charge on any atom is 0.243 e. The van der Waals surface area contributed by atoms with Crippen LogP contribution in [0.3, 0.4) is 0 Å². The number of fused-ring (bicyclic) bond motifs is 1. The molecule has 0 atom stereocenters. The van der Waals surface area contributed by atoms with Crippen molar-refractivity contribution in [3.63, 3.8) is 0 Å². The monoisotopic (exact) mass is 469 g/mol. The molecular formula is C24H31N5O3S. The summed E-state index contributed by atoms with van der Waals surface area (Å²) in [5.74, 6) is 0.815. The van der Waals surface area contributed by atoms with E-state index < -0.39 is 10.0 Å². The number of benzene rings is 1. The zero-order valence-corrected chi connectivity index (χ0v) is 20.1. The topological polar surface area (TPSA) is 88.4 Å². The molecule has 0 saturated carbocycles. The number of pyridine rings is 1. The van der Waals surface area contributed by atoms with Crippen LogP contribution in [-0.2, 0) is 34.7 Å². The Morgan fingerprint density at radius 2 is 1.88 bits per heavy atom. The molecule has 2 aromatic heterocycles. The van der Waals surface area contributed by atoms with E-state index in [0.29, 0.717) is 44.4 Å². The molecule has 1 saturated heterocycles. The second-order valence-corrected chi connectivity index (χ2v) is 10.5. The molecule has 0 unspecified atom stereocenters. The third-order valence-electron chi connectivity index (χ3n) is 6.32. The van der Waals surface area contributed by atoms with Gasteiger partial charge in [0.2, 0.25) is 15.9 Å². The van der Waals surface area contributed by atoms with Gasteiger partial charge >= 0.3 is 0 Å². The fourth-order valence-electron chi connectivity index (χ4n) is 4.23. The molecule has 0 spiro atoms. The highest BCUT2D eigenvalue weighted by Gasteiger charge is 2.26. The van der Waals surface area contributed by atoms with E-state index in [-0.39, 0.29) is 10.8 Å². The van der Waals surface area contributed by atoms with Crippen molar-refractivity contribution >= 4 is 27.0 Å². The van der Waals surface area contributed by atoms with E-state index in [1.807, 2.05) is 35.9 Å². The van der Waals surface area contributed by atoms with Gasteiger partial charge in [-0.05, 0) is 43.2 Å². The summed E-state index contributed by atoms with van der Waals surface area (Å²) in [7, 11) is 0.200. The van der Waals surface area contributed by atoms with Crippen LogP contribution in [0.15, 0.2) is 47.5 Å². The minimum absolute atomic E-state index is 0.0475. The molecule has 0 radical (unpaired) electrons. The van der Waals surface area contributed by atoms with Gasteiger partial charge in [-0.3, -0.25) is 9.78 Å². The molecule has 176 valence electrons. The highest BCUT2D eigenvalue weighted by atomic mass is 32.2. The van der Waals surface area contributed by atoms with Gasteiger partial charge in [0.1, 0.15) is 5.82 Å². The van der Waals surface area contributed by atoms with Crippen LogP contribution in [0, 0.1) is 0 Å². The summed E-state index contributed by atoms with van der Waals surface area (Å²) in [4.78, 5) is 23.6. The minimum atomic E-state index is -3.51. The van der Waals surface area contributed by atoms with Gasteiger partial charge in [-0.2, -0.15) is 4.31 Å². The first-order valence-corrected chi connectivity index (χ1v) is 12.9. The lowest BCUT2D eigenvalue weighted by Gasteiger charge is -2.25. The smallest absolute Gasteiger partial charge is 0.243 e. The summed E-state index contributed by atoms with van der Waals surface area (Å²) < 4.78 is 29.5. The molecule has 0 aliphatic carbocycles. The number of rotatable bonds is 8. The summed E-state index contributed by atoms with van der Waals surface area (Å²) in [6.07, 6.45) is 6.18. The normalized spacial score (nSPS) is 15.1. The molecule has 1 amide bonds. The molecule has 1 aromatic carbocycles. The SMILES string of the molecule is CN(CCc1ccccn1)C(=O)CCc1nc2cc(S(=O)(=O)N3CCCCC3)ccc2n1C. The summed E-state index contributed by atoms with van der Waals surface area (Å²) in [5.41, 5.74) is 2.46. The van der Waals surface area contributed by atoms with Gasteiger partial charge in [-0.1, -0.05) is 12.5 Å². The number of hydrogen-bond acceptors (Lipinski definition) is 5. The van der Waals surface area contributed by atoms with Gasteiger partial charge in [0.05, 0.1) is 15.9 Å². The second kappa shape index (κ2) is 10.0. The zero-order valence-electron chi connectivity index (χ0n) is 19.3. The second-order valence-electron chi connectivity index (χ2n) is 8.59. The van der Waals surface area contributed by atoms with Crippen LogP contribution in [0.5, 0.6) is 0 Å². The maximum absolute atomic E-state index is 13.0. The highest BCUT2D eigenvalue weighted by Crippen LogP contribution is 2.25. The molecule has 1 fully saturated rings. The van der Waals surface area contributed by atoms with Crippen molar-refractivity contribution in [1.29, 1.82) is 0 Å².